The van der Waals surface area contributed by atoms with Crippen LogP contribution in [0.5, 0.6) is 0 Å². The average Bonchev–Trinajstić information content (AvgIpc) is 2.81. The molecule has 0 radical (unpaired) electrons. The zero-order valence-corrected chi connectivity index (χ0v) is 25.8. The summed E-state index contributed by atoms with van der Waals surface area (Å²) in [6.07, 6.45) is 34.7. The molecule has 0 bridgehead atoms. The Labute approximate surface area is 227 Å². The first-order valence-electron chi connectivity index (χ1n) is 15.2. The third kappa shape index (κ3) is 24.1. The van der Waals surface area contributed by atoms with Gasteiger partial charge in [0, 0.05) is 0 Å². The molecular formula is C36H62. The maximum absolute atomic E-state index is 2.47. The van der Waals surface area contributed by atoms with Gasteiger partial charge in [0.2, 0.25) is 0 Å². The van der Waals surface area contributed by atoms with E-state index in [4.69, 9.17) is 0 Å². The molecule has 0 aromatic carbocycles. The Balaban J connectivity index is 4.04. The highest BCUT2D eigenvalue weighted by Crippen LogP contribution is 2.16. The summed E-state index contributed by atoms with van der Waals surface area (Å²) in [6.45, 7) is 18.1. The summed E-state index contributed by atoms with van der Waals surface area (Å²) in [5, 5.41) is 0. The van der Waals surface area contributed by atoms with Crippen LogP contribution < -0.4 is 0 Å². The predicted molar refractivity (Wildman–Crippen MR) is 168 cm³/mol. The molecule has 0 aliphatic carbocycles. The van der Waals surface area contributed by atoms with Crippen LogP contribution in [-0.2, 0) is 0 Å². The van der Waals surface area contributed by atoms with Gasteiger partial charge in [0.05, 0.1) is 0 Å². The van der Waals surface area contributed by atoms with Crippen LogP contribution in [0.2, 0.25) is 0 Å². The van der Waals surface area contributed by atoms with Crippen LogP contribution in [0, 0.1) is 0 Å². The van der Waals surface area contributed by atoms with Crippen LogP contribution in [0.4, 0.5) is 0 Å². The number of hydrogen-bond acceptors (Lipinski definition) is 0. The van der Waals surface area contributed by atoms with E-state index in [9.17, 15) is 0 Å². The monoisotopic (exact) mass is 494 g/mol. The molecule has 0 atom stereocenters. The van der Waals surface area contributed by atoms with Crippen molar-refractivity contribution in [1.29, 1.82) is 0 Å². The lowest BCUT2D eigenvalue weighted by Gasteiger charge is -2.04. The van der Waals surface area contributed by atoms with Crippen molar-refractivity contribution in [2.24, 2.45) is 0 Å². The highest BCUT2D eigenvalue weighted by Gasteiger charge is 1.96. The molecule has 0 N–H and O–H groups in total. The van der Waals surface area contributed by atoms with E-state index in [1.807, 2.05) is 0 Å². The van der Waals surface area contributed by atoms with E-state index in [0.717, 1.165) is 0 Å². The summed E-state index contributed by atoms with van der Waals surface area (Å²) >= 11 is 0. The zero-order chi connectivity index (χ0) is 27.0. The van der Waals surface area contributed by atoms with Crippen LogP contribution in [0.1, 0.15) is 158 Å². The predicted octanol–water partition coefficient (Wildman–Crippen LogP) is 12.9. The summed E-state index contributed by atoms with van der Waals surface area (Å²) in [5.41, 5.74) is 9.17. The largest absolute Gasteiger partial charge is 0.0856 e. The summed E-state index contributed by atoms with van der Waals surface area (Å²) in [5.74, 6) is 0. The number of hydrogen-bond donors (Lipinski definition) is 0. The van der Waals surface area contributed by atoms with Gasteiger partial charge in [-0.3, -0.25) is 0 Å². The van der Waals surface area contributed by atoms with Gasteiger partial charge in [0.15, 0.2) is 0 Å². The molecule has 0 aliphatic rings. The number of rotatable bonds is 21. The Hall–Kier alpha value is -1.56. The van der Waals surface area contributed by atoms with Crippen molar-refractivity contribution >= 4 is 0 Å². The van der Waals surface area contributed by atoms with E-state index >= 15 is 0 Å². The molecule has 0 heteroatoms. The van der Waals surface area contributed by atoms with Crippen molar-refractivity contribution in [3.05, 3.63) is 69.9 Å². The Morgan fingerprint density at radius 2 is 0.694 bits per heavy atom. The number of unbranched alkanes of at least 4 members (excludes halogenated alkanes) is 5. The standard InChI is InChI=1S/C36H62/c1-9-10-11-12-13-21-32(4)25-17-29-36(8)30-19-27-34(6)23-15-14-22-33(5)26-18-28-35(7)24-16-20-31(2)3/h20,22-23,25,28,30H,9-19,21,24,26-27,29H2,1-8H3. The molecule has 0 unspecified atom stereocenters. The summed E-state index contributed by atoms with van der Waals surface area (Å²) in [4.78, 5) is 0. The van der Waals surface area contributed by atoms with E-state index in [1.165, 1.54) is 119 Å². The average molecular weight is 495 g/mol. The molecule has 0 aliphatic heterocycles. The van der Waals surface area contributed by atoms with E-state index < -0.39 is 0 Å². The Bertz CT molecular complexity index is 728. The fourth-order valence-corrected chi connectivity index (χ4v) is 4.40. The summed E-state index contributed by atoms with van der Waals surface area (Å²) in [7, 11) is 0. The second-order valence-electron chi connectivity index (χ2n) is 11.4. The molecule has 0 saturated carbocycles. The van der Waals surface area contributed by atoms with Gasteiger partial charge >= 0.3 is 0 Å². The molecule has 0 saturated heterocycles. The SMILES string of the molecule is CCCCCCCC(C)=CCCC(C)=CCCC(C)=CCCC=C(C)CCC=C(C)CCC=C(C)C. The van der Waals surface area contributed by atoms with Gasteiger partial charge in [0.25, 0.3) is 0 Å². The van der Waals surface area contributed by atoms with Gasteiger partial charge in [0.1, 0.15) is 0 Å². The fraction of sp³-hybridized carbons (Fsp3) is 0.667. The van der Waals surface area contributed by atoms with Crippen molar-refractivity contribution in [3.8, 4) is 0 Å². The van der Waals surface area contributed by atoms with Gasteiger partial charge in [-0.2, -0.15) is 0 Å². The molecule has 0 heterocycles. The van der Waals surface area contributed by atoms with Crippen LogP contribution in [-0.4, -0.2) is 0 Å². The number of allylic oxidation sites excluding steroid dienone is 12. The van der Waals surface area contributed by atoms with Crippen molar-refractivity contribution in [2.45, 2.75) is 158 Å². The molecule has 0 nitrogen and oxygen atoms in total. The minimum absolute atomic E-state index is 1.17. The molecule has 0 amide bonds. The lowest BCUT2D eigenvalue weighted by molar-refractivity contribution is 0.630. The molecule has 36 heavy (non-hydrogen) atoms. The van der Waals surface area contributed by atoms with Gasteiger partial charge < -0.3 is 0 Å². The van der Waals surface area contributed by atoms with Crippen LogP contribution in [0.15, 0.2) is 69.9 Å². The van der Waals surface area contributed by atoms with Gasteiger partial charge in [-0.1, -0.05) is 103 Å². The fourth-order valence-electron chi connectivity index (χ4n) is 4.40. The second-order valence-corrected chi connectivity index (χ2v) is 11.4. The first-order chi connectivity index (χ1) is 17.2. The highest BCUT2D eigenvalue weighted by atomic mass is 14.0. The molecule has 0 fully saturated rings. The molecular weight excluding hydrogens is 432 g/mol. The van der Waals surface area contributed by atoms with Crippen LogP contribution in [0.25, 0.3) is 0 Å². The maximum atomic E-state index is 2.47. The smallest absolute Gasteiger partial charge is 0.0288 e. The molecule has 206 valence electrons. The van der Waals surface area contributed by atoms with Crippen molar-refractivity contribution < 1.29 is 0 Å². The summed E-state index contributed by atoms with van der Waals surface area (Å²) in [6, 6.07) is 0. The quantitative estimate of drug-likeness (QED) is 0.110. The van der Waals surface area contributed by atoms with Crippen molar-refractivity contribution in [1.82, 2.24) is 0 Å². The molecule has 0 spiro atoms. The van der Waals surface area contributed by atoms with Crippen molar-refractivity contribution in [3.63, 3.8) is 0 Å². The Morgan fingerprint density at radius 3 is 1.08 bits per heavy atom. The third-order valence-corrected chi connectivity index (χ3v) is 7.01. The summed E-state index contributed by atoms with van der Waals surface area (Å²) < 4.78 is 0. The topological polar surface area (TPSA) is 0 Å². The van der Waals surface area contributed by atoms with Gasteiger partial charge in [-0.25, -0.2) is 0 Å². The van der Waals surface area contributed by atoms with E-state index in [0.29, 0.717) is 0 Å². The minimum Gasteiger partial charge on any atom is -0.0856 e. The van der Waals surface area contributed by atoms with E-state index in [1.54, 1.807) is 16.7 Å². The third-order valence-electron chi connectivity index (χ3n) is 7.01. The highest BCUT2D eigenvalue weighted by molar-refractivity contribution is 5.08. The van der Waals surface area contributed by atoms with Gasteiger partial charge in [-0.05, 0) is 126 Å². The molecule has 0 rings (SSSR count). The van der Waals surface area contributed by atoms with Crippen molar-refractivity contribution in [2.75, 3.05) is 0 Å². The molecule has 0 aromatic heterocycles. The lowest BCUT2D eigenvalue weighted by atomic mass is 10.0. The normalized spacial score (nSPS) is 13.9. The van der Waals surface area contributed by atoms with E-state index in [-0.39, 0.29) is 0 Å². The van der Waals surface area contributed by atoms with E-state index in [2.05, 4.69) is 91.8 Å². The first-order valence-corrected chi connectivity index (χ1v) is 15.2. The Morgan fingerprint density at radius 1 is 0.361 bits per heavy atom. The van der Waals surface area contributed by atoms with Crippen LogP contribution in [0.3, 0.4) is 0 Å². The maximum Gasteiger partial charge on any atom is -0.0288 e. The second kappa shape index (κ2) is 23.8. The zero-order valence-electron chi connectivity index (χ0n) is 25.8. The Kier molecular flexibility index (Phi) is 22.8. The lowest BCUT2D eigenvalue weighted by Crippen LogP contribution is -1.83. The van der Waals surface area contributed by atoms with Gasteiger partial charge in [-0.15, -0.1) is 0 Å². The van der Waals surface area contributed by atoms with Crippen LogP contribution >= 0.6 is 0 Å². The first kappa shape index (κ1) is 34.4. The molecule has 0 aromatic rings. The minimum atomic E-state index is 1.17.